The fraction of sp³-hybridized carbons (Fsp3) is 0.533. The predicted molar refractivity (Wildman–Crippen MR) is 67.4 cm³/mol. The summed E-state index contributed by atoms with van der Waals surface area (Å²) in [7, 11) is 0. The van der Waals surface area contributed by atoms with Crippen molar-refractivity contribution in [2.75, 3.05) is 6.61 Å². The van der Waals surface area contributed by atoms with E-state index in [4.69, 9.17) is 9.47 Å². The Labute approximate surface area is 107 Å². The van der Waals surface area contributed by atoms with Gasteiger partial charge in [-0.15, -0.1) is 0 Å². The van der Waals surface area contributed by atoms with Crippen molar-refractivity contribution < 1.29 is 14.3 Å². The van der Waals surface area contributed by atoms with Gasteiger partial charge in [-0.05, 0) is 30.0 Å². The summed E-state index contributed by atoms with van der Waals surface area (Å²) < 4.78 is 11.0. The first kappa shape index (κ1) is 11.9. The molecule has 0 aromatic heterocycles. The number of ketones is 1. The SMILES string of the molecule is CCC1OCCC1C(=O)c1ccc2c(c1)COC2. The maximum absolute atomic E-state index is 12.5. The van der Waals surface area contributed by atoms with Crippen molar-refractivity contribution in [2.24, 2.45) is 5.92 Å². The monoisotopic (exact) mass is 246 g/mol. The van der Waals surface area contributed by atoms with Crippen LogP contribution in [0.15, 0.2) is 18.2 Å². The lowest BCUT2D eigenvalue weighted by atomic mass is 9.89. The largest absolute Gasteiger partial charge is 0.377 e. The van der Waals surface area contributed by atoms with Crippen molar-refractivity contribution in [1.82, 2.24) is 0 Å². The van der Waals surface area contributed by atoms with Crippen LogP contribution in [0.4, 0.5) is 0 Å². The molecule has 2 unspecified atom stereocenters. The van der Waals surface area contributed by atoms with Crippen LogP contribution in [0.1, 0.15) is 41.3 Å². The molecule has 18 heavy (non-hydrogen) atoms. The van der Waals surface area contributed by atoms with Gasteiger partial charge in [0.15, 0.2) is 5.78 Å². The molecule has 3 nitrogen and oxygen atoms in total. The van der Waals surface area contributed by atoms with Crippen LogP contribution in [-0.2, 0) is 22.7 Å². The highest BCUT2D eigenvalue weighted by molar-refractivity contribution is 5.98. The number of hydrogen-bond acceptors (Lipinski definition) is 3. The van der Waals surface area contributed by atoms with E-state index >= 15 is 0 Å². The second-order valence-corrected chi connectivity index (χ2v) is 5.05. The van der Waals surface area contributed by atoms with E-state index in [1.54, 1.807) is 0 Å². The zero-order valence-corrected chi connectivity index (χ0v) is 10.6. The summed E-state index contributed by atoms with van der Waals surface area (Å²) in [5.41, 5.74) is 3.18. The molecule has 1 aromatic rings. The first-order valence-corrected chi connectivity index (χ1v) is 6.65. The summed E-state index contributed by atoms with van der Waals surface area (Å²) in [5, 5.41) is 0. The maximum atomic E-state index is 12.5. The normalized spacial score (nSPS) is 26.3. The van der Waals surface area contributed by atoms with Gasteiger partial charge in [0.2, 0.25) is 0 Å². The summed E-state index contributed by atoms with van der Waals surface area (Å²) in [6.45, 7) is 4.10. The molecular weight excluding hydrogens is 228 g/mol. The first-order chi connectivity index (χ1) is 8.79. The number of fused-ring (bicyclic) bond motifs is 1. The number of carbonyl (C=O) groups is 1. The van der Waals surface area contributed by atoms with Gasteiger partial charge in [-0.2, -0.15) is 0 Å². The van der Waals surface area contributed by atoms with Gasteiger partial charge < -0.3 is 9.47 Å². The molecule has 0 amide bonds. The number of rotatable bonds is 3. The van der Waals surface area contributed by atoms with Gasteiger partial charge >= 0.3 is 0 Å². The molecule has 2 atom stereocenters. The van der Waals surface area contributed by atoms with Crippen LogP contribution in [0.5, 0.6) is 0 Å². The zero-order chi connectivity index (χ0) is 12.5. The van der Waals surface area contributed by atoms with Crippen LogP contribution in [0.2, 0.25) is 0 Å². The molecule has 0 N–H and O–H groups in total. The maximum Gasteiger partial charge on any atom is 0.168 e. The van der Waals surface area contributed by atoms with Crippen LogP contribution in [0.3, 0.4) is 0 Å². The summed E-state index contributed by atoms with van der Waals surface area (Å²) in [4.78, 5) is 12.5. The Hall–Kier alpha value is -1.19. The molecule has 0 aliphatic carbocycles. The van der Waals surface area contributed by atoms with Gasteiger partial charge in [-0.3, -0.25) is 4.79 Å². The van der Waals surface area contributed by atoms with Crippen molar-refractivity contribution in [1.29, 1.82) is 0 Å². The molecule has 1 aromatic carbocycles. The highest BCUT2D eigenvalue weighted by atomic mass is 16.5. The molecule has 1 saturated heterocycles. The van der Waals surface area contributed by atoms with Crippen molar-refractivity contribution in [2.45, 2.75) is 39.1 Å². The number of hydrogen-bond donors (Lipinski definition) is 0. The van der Waals surface area contributed by atoms with Crippen molar-refractivity contribution in [3.63, 3.8) is 0 Å². The molecule has 2 aliphatic heterocycles. The standard InChI is InChI=1S/C15H18O3/c1-2-14-13(5-6-18-14)15(16)10-3-4-11-8-17-9-12(11)7-10/h3-4,7,13-14H,2,5-6,8-9H2,1H3. The Morgan fingerprint density at radius 2 is 2.17 bits per heavy atom. The Morgan fingerprint density at radius 1 is 1.33 bits per heavy atom. The number of carbonyl (C=O) groups excluding carboxylic acids is 1. The Bertz CT molecular complexity index is 467. The third-order valence-corrected chi connectivity index (χ3v) is 3.95. The van der Waals surface area contributed by atoms with Gasteiger partial charge in [0.25, 0.3) is 0 Å². The van der Waals surface area contributed by atoms with Gasteiger partial charge in [0.1, 0.15) is 0 Å². The molecule has 3 heteroatoms. The average Bonchev–Trinajstić information content (AvgIpc) is 3.05. The molecule has 1 fully saturated rings. The molecular formula is C15H18O3. The minimum absolute atomic E-state index is 0.0374. The lowest BCUT2D eigenvalue weighted by Crippen LogP contribution is -2.23. The van der Waals surface area contributed by atoms with E-state index in [1.165, 1.54) is 5.56 Å². The molecule has 3 rings (SSSR count). The average molecular weight is 246 g/mol. The summed E-state index contributed by atoms with van der Waals surface area (Å²) >= 11 is 0. The van der Waals surface area contributed by atoms with Crippen LogP contribution < -0.4 is 0 Å². The fourth-order valence-corrected chi connectivity index (χ4v) is 2.89. The number of Topliss-reactive ketones (excluding diaryl/α,β-unsaturated/α-hetero) is 1. The van der Waals surface area contributed by atoms with Crippen molar-refractivity contribution in [3.05, 3.63) is 34.9 Å². The topological polar surface area (TPSA) is 35.5 Å². The Morgan fingerprint density at radius 3 is 3.00 bits per heavy atom. The van der Waals surface area contributed by atoms with E-state index in [2.05, 4.69) is 6.92 Å². The smallest absolute Gasteiger partial charge is 0.168 e. The molecule has 0 saturated carbocycles. The quantitative estimate of drug-likeness (QED) is 0.769. The molecule has 96 valence electrons. The Kier molecular flexibility index (Phi) is 3.18. The van der Waals surface area contributed by atoms with E-state index in [1.807, 2.05) is 18.2 Å². The van der Waals surface area contributed by atoms with Gasteiger partial charge in [0.05, 0.1) is 25.2 Å². The molecule has 2 aliphatic rings. The fourth-order valence-electron chi connectivity index (χ4n) is 2.89. The summed E-state index contributed by atoms with van der Waals surface area (Å²) in [5.74, 6) is 0.268. The van der Waals surface area contributed by atoms with Gasteiger partial charge in [-0.1, -0.05) is 19.1 Å². The Balaban J connectivity index is 1.84. The summed E-state index contributed by atoms with van der Waals surface area (Å²) in [6.07, 6.45) is 1.86. The van der Waals surface area contributed by atoms with E-state index in [9.17, 15) is 4.79 Å². The zero-order valence-electron chi connectivity index (χ0n) is 10.6. The highest BCUT2D eigenvalue weighted by Crippen LogP contribution is 2.29. The number of ether oxygens (including phenoxy) is 2. The van der Waals surface area contributed by atoms with Crippen LogP contribution in [0.25, 0.3) is 0 Å². The van der Waals surface area contributed by atoms with Crippen molar-refractivity contribution in [3.8, 4) is 0 Å². The van der Waals surface area contributed by atoms with E-state index in [0.29, 0.717) is 19.8 Å². The van der Waals surface area contributed by atoms with Crippen molar-refractivity contribution >= 4 is 5.78 Å². The minimum Gasteiger partial charge on any atom is -0.377 e. The third-order valence-electron chi connectivity index (χ3n) is 3.95. The van der Waals surface area contributed by atoms with Gasteiger partial charge in [-0.25, -0.2) is 0 Å². The minimum atomic E-state index is 0.0374. The second kappa shape index (κ2) is 4.82. The van der Waals surface area contributed by atoms with E-state index < -0.39 is 0 Å². The lowest BCUT2D eigenvalue weighted by Gasteiger charge is -2.15. The van der Waals surface area contributed by atoms with Crippen LogP contribution in [0, 0.1) is 5.92 Å². The van der Waals surface area contributed by atoms with Crippen LogP contribution in [-0.4, -0.2) is 18.5 Å². The molecule has 0 spiro atoms. The predicted octanol–water partition coefficient (Wildman–Crippen LogP) is 2.71. The molecule has 0 bridgehead atoms. The first-order valence-electron chi connectivity index (χ1n) is 6.65. The highest BCUT2D eigenvalue weighted by Gasteiger charge is 2.33. The summed E-state index contributed by atoms with van der Waals surface area (Å²) in [6, 6.07) is 5.95. The lowest BCUT2D eigenvalue weighted by molar-refractivity contribution is 0.0689. The van der Waals surface area contributed by atoms with Crippen LogP contribution >= 0.6 is 0 Å². The number of benzene rings is 1. The van der Waals surface area contributed by atoms with E-state index in [0.717, 1.165) is 24.0 Å². The molecule has 2 heterocycles. The van der Waals surface area contributed by atoms with E-state index in [-0.39, 0.29) is 17.8 Å². The molecule has 0 radical (unpaired) electrons. The third kappa shape index (κ3) is 1.98. The van der Waals surface area contributed by atoms with Gasteiger partial charge in [0, 0.05) is 12.2 Å². The second-order valence-electron chi connectivity index (χ2n) is 5.05.